The van der Waals surface area contributed by atoms with Gasteiger partial charge in [0.1, 0.15) is 10.6 Å². The lowest BCUT2D eigenvalue weighted by Gasteiger charge is -2.26. The van der Waals surface area contributed by atoms with Crippen LogP contribution in [0.2, 0.25) is 5.02 Å². The first-order valence-electron chi connectivity index (χ1n) is 11.8. The number of methoxy groups -OCH3 is 1. The maximum absolute atomic E-state index is 13.3. The normalized spacial score (nSPS) is 16.7. The number of amides is 4. The summed E-state index contributed by atoms with van der Waals surface area (Å²) in [5, 5.41) is 3.47. The summed E-state index contributed by atoms with van der Waals surface area (Å²) in [4.78, 5) is 53.4. The second kappa shape index (κ2) is 9.64. The Morgan fingerprint density at radius 1 is 1.11 bits per heavy atom. The molecule has 3 aromatic rings. The van der Waals surface area contributed by atoms with E-state index < -0.39 is 17.8 Å². The van der Waals surface area contributed by atoms with Gasteiger partial charge in [-0.25, -0.2) is 14.5 Å². The number of aryl methyl sites for hydroxylation is 2. The molecule has 1 saturated heterocycles. The molecule has 10 heteroatoms. The average Bonchev–Trinajstić information content (AvgIpc) is 3.38. The Labute approximate surface area is 222 Å². The molecule has 1 aromatic carbocycles. The lowest BCUT2D eigenvalue weighted by Crippen LogP contribution is -2.54. The summed E-state index contributed by atoms with van der Waals surface area (Å²) < 4.78 is 7.10. The number of nitrogens with one attached hydrogen (secondary N) is 1. The van der Waals surface area contributed by atoms with Crippen molar-refractivity contribution < 1.29 is 23.9 Å². The molecule has 0 bridgehead atoms. The van der Waals surface area contributed by atoms with Gasteiger partial charge in [-0.15, -0.1) is 11.3 Å². The van der Waals surface area contributed by atoms with Crippen molar-refractivity contribution in [2.45, 2.75) is 39.5 Å². The zero-order chi connectivity index (χ0) is 26.4. The van der Waals surface area contributed by atoms with Gasteiger partial charge in [0.2, 0.25) is 0 Å². The van der Waals surface area contributed by atoms with Gasteiger partial charge in [0.25, 0.3) is 11.8 Å². The number of ether oxygens (including phenoxy) is 1. The van der Waals surface area contributed by atoms with Gasteiger partial charge in [0.05, 0.1) is 18.4 Å². The second-order valence-corrected chi connectivity index (χ2v) is 10.5. The molecule has 5 rings (SSSR count). The summed E-state index contributed by atoms with van der Waals surface area (Å²) in [5.74, 6) is -1.88. The fraction of sp³-hybridized carbons (Fsp3) is 0.259. The number of urea groups is 1. The van der Waals surface area contributed by atoms with Gasteiger partial charge in [-0.1, -0.05) is 11.6 Å². The average molecular weight is 538 g/mol. The van der Waals surface area contributed by atoms with Crippen molar-refractivity contribution in [3.8, 4) is 5.00 Å². The highest BCUT2D eigenvalue weighted by molar-refractivity contribution is 7.15. The van der Waals surface area contributed by atoms with E-state index >= 15 is 0 Å². The Kier molecular flexibility index (Phi) is 6.51. The van der Waals surface area contributed by atoms with Crippen molar-refractivity contribution in [3.63, 3.8) is 0 Å². The van der Waals surface area contributed by atoms with Gasteiger partial charge in [-0.2, -0.15) is 0 Å². The predicted octanol–water partition coefficient (Wildman–Crippen LogP) is 5.14. The number of hydrogen-bond donors (Lipinski definition) is 1. The Hall–Kier alpha value is -3.69. The number of aromatic nitrogens is 1. The van der Waals surface area contributed by atoms with E-state index in [0.29, 0.717) is 21.8 Å². The van der Waals surface area contributed by atoms with E-state index in [0.717, 1.165) is 52.5 Å². The fourth-order valence-electron chi connectivity index (χ4n) is 4.91. The highest BCUT2D eigenvalue weighted by Crippen LogP contribution is 2.39. The number of fused-ring (bicyclic) bond motifs is 1. The molecular weight excluding hydrogens is 514 g/mol. The highest BCUT2D eigenvalue weighted by atomic mass is 35.5. The number of hydrogen-bond acceptors (Lipinski definition) is 6. The predicted molar refractivity (Wildman–Crippen MR) is 142 cm³/mol. The molecule has 1 fully saturated rings. The van der Waals surface area contributed by atoms with Crippen molar-refractivity contribution >= 4 is 58.5 Å². The molecule has 3 heterocycles. The molecule has 0 spiro atoms. The molecule has 1 aliphatic heterocycles. The zero-order valence-electron chi connectivity index (χ0n) is 20.5. The molecule has 0 atom stereocenters. The summed E-state index contributed by atoms with van der Waals surface area (Å²) in [5.41, 5.74) is 3.96. The van der Waals surface area contributed by atoms with Crippen molar-refractivity contribution in [1.82, 2.24) is 9.88 Å². The van der Waals surface area contributed by atoms with Gasteiger partial charge in [0, 0.05) is 21.3 Å². The smallest absolute Gasteiger partial charge is 0.341 e. The van der Waals surface area contributed by atoms with Crippen LogP contribution in [0.3, 0.4) is 0 Å². The molecule has 0 saturated carbocycles. The van der Waals surface area contributed by atoms with Crippen LogP contribution in [0.15, 0.2) is 35.9 Å². The number of carbonyl (C=O) groups excluding carboxylic acids is 4. The Bertz CT molecular complexity index is 1500. The van der Waals surface area contributed by atoms with Gasteiger partial charge in [-0.05, 0) is 87.1 Å². The van der Waals surface area contributed by atoms with E-state index in [4.69, 9.17) is 16.3 Å². The van der Waals surface area contributed by atoms with E-state index in [1.165, 1.54) is 30.2 Å². The van der Waals surface area contributed by atoms with Gasteiger partial charge >= 0.3 is 12.0 Å². The number of nitrogens with zero attached hydrogens (tertiary/aromatic N) is 2. The number of anilines is 1. The van der Waals surface area contributed by atoms with E-state index in [2.05, 4.69) is 5.32 Å². The largest absolute Gasteiger partial charge is 0.465 e. The molecule has 1 N–H and O–H groups in total. The maximum atomic E-state index is 13.3. The first-order valence-corrected chi connectivity index (χ1v) is 13.0. The van der Waals surface area contributed by atoms with Crippen molar-refractivity contribution in [2.24, 2.45) is 0 Å². The molecule has 2 aromatic heterocycles. The minimum absolute atomic E-state index is 0.173. The first-order chi connectivity index (χ1) is 17.7. The van der Waals surface area contributed by atoms with Crippen molar-refractivity contribution in [1.29, 1.82) is 0 Å². The van der Waals surface area contributed by atoms with Crippen molar-refractivity contribution in [3.05, 3.63) is 73.9 Å². The van der Waals surface area contributed by atoms with Crippen LogP contribution in [0, 0.1) is 13.8 Å². The Morgan fingerprint density at radius 2 is 1.81 bits per heavy atom. The van der Waals surface area contributed by atoms with Crippen LogP contribution in [-0.2, 0) is 27.2 Å². The summed E-state index contributed by atoms with van der Waals surface area (Å²) >= 11 is 7.52. The van der Waals surface area contributed by atoms with Crippen LogP contribution >= 0.6 is 22.9 Å². The Morgan fingerprint density at radius 3 is 2.51 bits per heavy atom. The third-order valence-corrected chi connectivity index (χ3v) is 8.23. The summed E-state index contributed by atoms with van der Waals surface area (Å²) in [6.45, 7) is 3.77. The van der Waals surface area contributed by atoms with E-state index in [1.54, 1.807) is 23.5 Å². The molecule has 2 aliphatic rings. The van der Waals surface area contributed by atoms with E-state index in [9.17, 15) is 19.2 Å². The minimum atomic E-state index is -0.827. The number of rotatable bonds is 4. The molecular formula is C27H24ClN3O5S. The molecule has 0 unspecified atom stereocenters. The topological polar surface area (TPSA) is 97.7 Å². The van der Waals surface area contributed by atoms with Crippen LogP contribution in [0.1, 0.15) is 50.6 Å². The molecule has 190 valence electrons. The maximum Gasteiger partial charge on any atom is 0.341 e. The summed E-state index contributed by atoms with van der Waals surface area (Å²) in [6, 6.07) is 7.21. The number of thiophene rings is 1. The van der Waals surface area contributed by atoms with Crippen LogP contribution in [0.5, 0.6) is 0 Å². The SMILES string of the molecule is COC(=O)c1c(-n2c(C)cc(/C=C3\C(=O)NC(=O)N(c4ccc(Cl)cc4)C3=O)c2C)sc2c1CCCC2. The fourth-order valence-corrected chi connectivity index (χ4v) is 6.52. The van der Waals surface area contributed by atoms with Crippen LogP contribution in [0.4, 0.5) is 10.5 Å². The number of imide groups is 2. The summed E-state index contributed by atoms with van der Waals surface area (Å²) in [7, 11) is 1.38. The van der Waals surface area contributed by atoms with Crippen LogP contribution in [0.25, 0.3) is 11.1 Å². The van der Waals surface area contributed by atoms with Crippen LogP contribution in [-0.4, -0.2) is 35.5 Å². The van der Waals surface area contributed by atoms with Gasteiger partial charge in [0.15, 0.2) is 0 Å². The highest BCUT2D eigenvalue weighted by Gasteiger charge is 2.37. The second-order valence-electron chi connectivity index (χ2n) is 8.98. The third kappa shape index (κ3) is 4.28. The molecule has 37 heavy (non-hydrogen) atoms. The lowest BCUT2D eigenvalue weighted by molar-refractivity contribution is -0.122. The molecule has 1 aliphatic carbocycles. The van der Waals surface area contributed by atoms with E-state index in [-0.39, 0.29) is 11.5 Å². The van der Waals surface area contributed by atoms with E-state index in [1.807, 2.05) is 24.5 Å². The quantitative estimate of drug-likeness (QED) is 0.282. The standard InChI is InChI=1S/C27H24ClN3O5S/c1-14-12-16(13-20-23(32)29-27(35)31(24(20)33)18-10-8-17(28)9-11-18)15(2)30(14)25-22(26(34)36-3)19-6-4-5-7-21(19)37-25/h8-13H,4-7H2,1-3H3,(H,29,32,35)/b20-13+. The number of esters is 1. The molecule has 8 nitrogen and oxygen atoms in total. The molecule has 4 amide bonds. The minimum Gasteiger partial charge on any atom is -0.465 e. The number of carbonyl (C=O) groups is 4. The van der Waals surface area contributed by atoms with Gasteiger partial charge in [-0.3, -0.25) is 14.9 Å². The lowest BCUT2D eigenvalue weighted by atomic mass is 9.95. The Balaban J connectivity index is 1.59. The van der Waals surface area contributed by atoms with Crippen LogP contribution < -0.4 is 10.2 Å². The van der Waals surface area contributed by atoms with Crippen molar-refractivity contribution in [2.75, 3.05) is 12.0 Å². The number of benzene rings is 1. The monoisotopic (exact) mass is 537 g/mol. The number of barbiturate groups is 1. The molecule has 0 radical (unpaired) electrons. The first kappa shape index (κ1) is 25.0. The van der Waals surface area contributed by atoms with Gasteiger partial charge < -0.3 is 9.30 Å². The summed E-state index contributed by atoms with van der Waals surface area (Å²) in [6.07, 6.45) is 5.33. The third-order valence-electron chi connectivity index (χ3n) is 6.70. The number of halogens is 1. The zero-order valence-corrected chi connectivity index (χ0v) is 22.1.